The van der Waals surface area contributed by atoms with E-state index in [0.717, 1.165) is 5.56 Å². The van der Waals surface area contributed by atoms with E-state index in [1.807, 2.05) is 6.92 Å². The Hall–Kier alpha value is -0.580. The lowest BCUT2D eigenvalue weighted by atomic mass is 10.1. The van der Waals surface area contributed by atoms with Crippen LogP contribution in [0.3, 0.4) is 0 Å². The van der Waals surface area contributed by atoms with Gasteiger partial charge < -0.3 is 0 Å². The molecule has 1 aromatic rings. The second-order valence-electron chi connectivity index (χ2n) is 2.72. The molecule has 0 aromatic heterocycles. The van der Waals surface area contributed by atoms with E-state index in [1.165, 1.54) is 7.11 Å². The molecule has 0 atom stereocenters. The zero-order chi connectivity index (χ0) is 10.7. The minimum Gasteiger partial charge on any atom is -0.277 e. The smallest absolute Gasteiger partial charge is 0.276 e. The fourth-order valence-electron chi connectivity index (χ4n) is 0.968. The number of benzene rings is 1. The largest absolute Gasteiger partial charge is 0.277 e. The molecule has 0 radical (unpaired) electrons. The van der Waals surface area contributed by atoms with Crippen LogP contribution in [0.1, 0.15) is 15.9 Å². The molecule has 0 fully saturated rings. The third kappa shape index (κ3) is 2.47. The van der Waals surface area contributed by atoms with Gasteiger partial charge in [-0.1, -0.05) is 11.6 Å². The van der Waals surface area contributed by atoms with E-state index >= 15 is 0 Å². The molecule has 1 amide bonds. The van der Waals surface area contributed by atoms with E-state index in [9.17, 15) is 4.79 Å². The summed E-state index contributed by atoms with van der Waals surface area (Å²) in [7, 11) is 1.38. The zero-order valence-corrected chi connectivity index (χ0v) is 10.1. The van der Waals surface area contributed by atoms with Crippen LogP contribution in [0.25, 0.3) is 0 Å². The summed E-state index contributed by atoms with van der Waals surface area (Å²) in [5, 5.41) is 0.550. The summed E-state index contributed by atoms with van der Waals surface area (Å²) in [6.07, 6.45) is 0. The second-order valence-corrected chi connectivity index (χ2v) is 3.98. The highest BCUT2D eigenvalue weighted by Gasteiger charge is 2.11. The van der Waals surface area contributed by atoms with E-state index < -0.39 is 0 Å². The summed E-state index contributed by atoms with van der Waals surface area (Å²) in [5.74, 6) is -0.332. The average molecular weight is 279 g/mol. The van der Waals surface area contributed by atoms with E-state index in [2.05, 4.69) is 26.2 Å². The third-order valence-electron chi connectivity index (χ3n) is 1.69. The molecule has 0 aliphatic rings. The molecule has 0 heterocycles. The van der Waals surface area contributed by atoms with E-state index in [4.69, 9.17) is 11.6 Å². The van der Waals surface area contributed by atoms with Gasteiger partial charge in [-0.3, -0.25) is 9.63 Å². The quantitative estimate of drug-likeness (QED) is 0.845. The molecule has 3 nitrogen and oxygen atoms in total. The molecule has 0 saturated carbocycles. The van der Waals surface area contributed by atoms with Crippen molar-refractivity contribution in [2.24, 2.45) is 0 Å². The average Bonchev–Trinajstić information content (AvgIpc) is 2.11. The molecule has 1 rings (SSSR count). The Labute approximate surface area is 95.5 Å². The van der Waals surface area contributed by atoms with Gasteiger partial charge in [0.25, 0.3) is 5.91 Å². The maximum Gasteiger partial charge on any atom is 0.276 e. The van der Waals surface area contributed by atoms with Crippen molar-refractivity contribution in [3.63, 3.8) is 0 Å². The number of nitrogens with one attached hydrogen (secondary N) is 1. The Kier molecular flexibility index (Phi) is 3.92. The molecular formula is C9H9BrClNO2. The molecule has 76 valence electrons. The van der Waals surface area contributed by atoms with Gasteiger partial charge in [0.2, 0.25) is 0 Å². The Morgan fingerprint density at radius 2 is 2.21 bits per heavy atom. The van der Waals surface area contributed by atoms with Crippen molar-refractivity contribution in [3.05, 3.63) is 32.8 Å². The Morgan fingerprint density at radius 1 is 1.57 bits per heavy atom. The third-order valence-corrected chi connectivity index (χ3v) is 2.75. The van der Waals surface area contributed by atoms with Crippen molar-refractivity contribution in [1.29, 1.82) is 0 Å². The molecule has 0 aliphatic carbocycles. The molecule has 0 spiro atoms. The van der Waals surface area contributed by atoms with Gasteiger partial charge in [0.15, 0.2) is 0 Å². The Bertz CT molecular complexity index is 368. The van der Waals surface area contributed by atoms with Crippen molar-refractivity contribution < 1.29 is 9.63 Å². The fraction of sp³-hybridized carbons (Fsp3) is 0.222. The van der Waals surface area contributed by atoms with Crippen LogP contribution >= 0.6 is 27.5 Å². The second kappa shape index (κ2) is 4.77. The normalized spacial score (nSPS) is 10.0. The molecule has 0 unspecified atom stereocenters. The standard InChI is InChI=1S/C9H9BrClNO2/c1-5-3-7(10)6(4-8(5)11)9(13)12-14-2/h3-4H,1-2H3,(H,12,13). The summed E-state index contributed by atoms with van der Waals surface area (Å²) >= 11 is 9.17. The molecule has 1 N–H and O–H groups in total. The first-order chi connectivity index (χ1) is 6.56. The number of carbonyl (C=O) groups is 1. The number of carbonyl (C=O) groups excluding carboxylic acids is 1. The first-order valence-corrected chi connectivity index (χ1v) is 5.02. The summed E-state index contributed by atoms with van der Waals surface area (Å²) in [6, 6.07) is 3.38. The van der Waals surface area contributed by atoms with Crippen LogP contribution in [0.2, 0.25) is 5.02 Å². The number of hydrogen-bond acceptors (Lipinski definition) is 2. The first-order valence-electron chi connectivity index (χ1n) is 3.85. The fourth-order valence-corrected chi connectivity index (χ4v) is 1.77. The number of rotatable bonds is 2. The Balaban J connectivity index is 3.09. The molecule has 14 heavy (non-hydrogen) atoms. The topological polar surface area (TPSA) is 38.3 Å². The van der Waals surface area contributed by atoms with Gasteiger partial charge in [0, 0.05) is 9.50 Å². The minimum absolute atomic E-state index is 0.332. The predicted octanol–water partition coefficient (Wildman–Crippen LogP) is 2.70. The highest BCUT2D eigenvalue weighted by molar-refractivity contribution is 9.10. The van der Waals surface area contributed by atoms with Crippen LogP contribution in [0.5, 0.6) is 0 Å². The zero-order valence-electron chi connectivity index (χ0n) is 7.73. The van der Waals surface area contributed by atoms with Gasteiger partial charge in [-0.2, -0.15) is 0 Å². The molecule has 0 saturated heterocycles. The summed E-state index contributed by atoms with van der Waals surface area (Å²) in [4.78, 5) is 15.9. The summed E-state index contributed by atoms with van der Waals surface area (Å²) in [5.41, 5.74) is 3.58. The van der Waals surface area contributed by atoms with Crippen molar-refractivity contribution in [1.82, 2.24) is 5.48 Å². The lowest BCUT2D eigenvalue weighted by molar-refractivity contribution is 0.0537. The highest BCUT2D eigenvalue weighted by atomic mass is 79.9. The van der Waals surface area contributed by atoms with Gasteiger partial charge in [-0.05, 0) is 40.5 Å². The van der Waals surface area contributed by atoms with Crippen LogP contribution in [0.4, 0.5) is 0 Å². The monoisotopic (exact) mass is 277 g/mol. The van der Waals surface area contributed by atoms with Gasteiger partial charge in [-0.15, -0.1) is 0 Å². The number of hydroxylamine groups is 1. The van der Waals surface area contributed by atoms with Crippen LogP contribution in [-0.2, 0) is 4.84 Å². The summed E-state index contributed by atoms with van der Waals surface area (Å²) < 4.78 is 0.689. The number of hydrogen-bond donors (Lipinski definition) is 1. The number of aryl methyl sites for hydroxylation is 1. The summed E-state index contributed by atoms with van der Waals surface area (Å²) in [6.45, 7) is 1.87. The van der Waals surface area contributed by atoms with Gasteiger partial charge in [-0.25, -0.2) is 5.48 Å². The van der Waals surface area contributed by atoms with Gasteiger partial charge in [0.1, 0.15) is 0 Å². The van der Waals surface area contributed by atoms with Crippen molar-refractivity contribution >= 4 is 33.4 Å². The van der Waals surface area contributed by atoms with Crippen molar-refractivity contribution in [2.75, 3.05) is 7.11 Å². The molecule has 0 bridgehead atoms. The van der Waals surface area contributed by atoms with Gasteiger partial charge >= 0.3 is 0 Å². The van der Waals surface area contributed by atoms with Crippen LogP contribution in [0, 0.1) is 6.92 Å². The maximum atomic E-state index is 11.4. The van der Waals surface area contributed by atoms with E-state index in [-0.39, 0.29) is 5.91 Å². The lowest BCUT2D eigenvalue weighted by Gasteiger charge is -2.06. The highest BCUT2D eigenvalue weighted by Crippen LogP contribution is 2.24. The Morgan fingerprint density at radius 3 is 2.79 bits per heavy atom. The van der Waals surface area contributed by atoms with Crippen molar-refractivity contribution in [3.8, 4) is 0 Å². The predicted molar refractivity (Wildman–Crippen MR) is 58.4 cm³/mol. The minimum atomic E-state index is -0.332. The molecular weight excluding hydrogens is 269 g/mol. The molecule has 1 aromatic carbocycles. The van der Waals surface area contributed by atoms with E-state index in [0.29, 0.717) is 15.1 Å². The van der Waals surface area contributed by atoms with Crippen molar-refractivity contribution in [2.45, 2.75) is 6.92 Å². The molecule has 5 heteroatoms. The van der Waals surface area contributed by atoms with Crippen LogP contribution < -0.4 is 5.48 Å². The number of halogens is 2. The first kappa shape index (κ1) is 11.5. The van der Waals surface area contributed by atoms with Crippen LogP contribution in [-0.4, -0.2) is 13.0 Å². The van der Waals surface area contributed by atoms with Crippen LogP contribution in [0.15, 0.2) is 16.6 Å². The number of amides is 1. The SMILES string of the molecule is CONC(=O)c1cc(Cl)c(C)cc1Br. The lowest BCUT2D eigenvalue weighted by Crippen LogP contribution is -2.22. The molecule has 0 aliphatic heterocycles. The van der Waals surface area contributed by atoms with Gasteiger partial charge in [0.05, 0.1) is 12.7 Å². The van der Waals surface area contributed by atoms with E-state index in [1.54, 1.807) is 12.1 Å². The maximum absolute atomic E-state index is 11.4.